The van der Waals surface area contributed by atoms with Gasteiger partial charge in [-0.25, -0.2) is 12.8 Å². The van der Waals surface area contributed by atoms with Crippen LogP contribution >= 0.6 is 11.6 Å². The van der Waals surface area contributed by atoms with E-state index in [9.17, 15) is 22.7 Å². The fourth-order valence-corrected chi connectivity index (χ4v) is 5.92. The van der Waals surface area contributed by atoms with Gasteiger partial charge < -0.3 is 10.0 Å². The van der Waals surface area contributed by atoms with Crippen LogP contribution in [0.25, 0.3) is 0 Å². The monoisotopic (exact) mass is 555 g/mol. The van der Waals surface area contributed by atoms with Crippen molar-refractivity contribution in [2.24, 2.45) is 4.99 Å². The van der Waals surface area contributed by atoms with Crippen LogP contribution < -0.4 is 4.72 Å². The fraction of sp³-hybridized carbons (Fsp3) is 0.214. The molecule has 1 fully saturated rings. The zero-order valence-electron chi connectivity index (χ0n) is 20.5. The van der Waals surface area contributed by atoms with Gasteiger partial charge in [-0.15, -0.1) is 0 Å². The number of amides is 1. The maximum atomic E-state index is 13.7. The number of nitrogens with one attached hydrogen (secondary N) is 1. The van der Waals surface area contributed by atoms with E-state index in [1.54, 1.807) is 23.1 Å². The predicted molar refractivity (Wildman–Crippen MR) is 148 cm³/mol. The molecule has 0 saturated carbocycles. The molecule has 2 N–H and O–H groups in total. The number of allylic oxidation sites excluding steroid dienone is 5. The summed E-state index contributed by atoms with van der Waals surface area (Å²) in [5, 5.41) is 11.4. The van der Waals surface area contributed by atoms with Crippen LogP contribution in [0.3, 0.4) is 0 Å². The second-order valence-corrected chi connectivity index (χ2v) is 11.0. The molecule has 4 rings (SSSR count). The molecular weight excluding hydrogens is 529 g/mol. The highest BCUT2D eigenvalue weighted by atomic mass is 35.5. The number of hydrogen-bond donors (Lipinski definition) is 2. The lowest BCUT2D eigenvalue weighted by molar-refractivity contribution is -0.0212. The summed E-state index contributed by atoms with van der Waals surface area (Å²) < 4.78 is 42.5. The Morgan fingerprint density at radius 2 is 1.89 bits per heavy atom. The van der Waals surface area contributed by atoms with E-state index in [1.165, 1.54) is 54.8 Å². The van der Waals surface area contributed by atoms with Crippen molar-refractivity contribution in [1.29, 1.82) is 0 Å². The Morgan fingerprint density at radius 1 is 1.18 bits per heavy atom. The van der Waals surface area contributed by atoms with Gasteiger partial charge >= 0.3 is 0 Å². The van der Waals surface area contributed by atoms with Gasteiger partial charge in [0.2, 0.25) is 0 Å². The molecule has 2 aliphatic heterocycles. The van der Waals surface area contributed by atoms with Crippen LogP contribution in [0.15, 0.2) is 95.0 Å². The van der Waals surface area contributed by atoms with Crippen molar-refractivity contribution in [3.8, 4) is 0 Å². The summed E-state index contributed by atoms with van der Waals surface area (Å²) in [6, 6.07) is 9.98. The first kappa shape index (κ1) is 27.5. The van der Waals surface area contributed by atoms with Gasteiger partial charge in [-0.2, -0.15) is 0 Å². The van der Waals surface area contributed by atoms with Gasteiger partial charge in [0.15, 0.2) is 0 Å². The van der Waals surface area contributed by atoms with Gasteiger partial charge in [-0.1, -0.05) is 36.4 Å². The Labute approximate surface area is 226 Å². The van der Waals surface area contributed by atoms with Crippen molar-refractivity contribution < 1.29 is 22.7 Å². The Kier molecular flexibility index (Phi) is 8.30. The summed E-state index contributed by atoms with van der Waals surface area (Å²) in [6.07, 6.45) is 10.3. The van der Waals surface area contributed by atoms with Crippen LogP contribution in [0.1, 0.15) is 35.2 Å². The molecule has 38 heavy (non-hydrogen) atoms. The molecule has 0 aliphatic carbocycles. The number of aliphatic imine (C=N–C) groups is 1. The average molecular weight is 556 g/mol. The standard InChI is InChI=1S/C28H27ClFN3O4S/c1-2-3-7-26(25-6-4-5-16-31-25)38(36,37)32-22-11-8-20(9-12-22)27(34)33-17-14-28(35,15-18-33)23-19-21(30)10-13-24(23)29/h2-5,7-13,16,19,32,35H,1,6,14-15,17-18H2. The highest BCUT2D eigenvalue weighted by molar-refractivity contribution is 7.96. The highest BCUT2D eigenvalue weighted by Crippen LogP contribution is 2.37. The molecule has 0 radical (unpaired) electrons. The largest absolute Gasteiger partial charge is 0.385 e. The van der Waals surface area contributed by atoms with Crippen molar-refractivity contribution in [2.75, 3.05) is 17.8 Å². The van der Waals surface area contributed by atoms with E-state index >= 15 is 0 Å². The number of hydrogen-bond acceptors (Lipinski definition) is 5. The Balaban J connectivity index is 1.45. The average Bonchev–Trinajstić information content (AvgIpc) is 2.91. The van der Waals surface area contributed by atoms with Crippen LogP contribution in [0.5, 0.6) is 0 Å². The minimum atomic E-state index is -3.96. The third-order valence-corrected chi connectivity index (χ3v) is 8.20. The van der Waals surface area contributed by atoms with E-state index in [0.29, 0.717) is 23.2 Å². The van der Waals surface area contributed by atoms with Crippen molar-refractivity contribution >= 4 is 39.4 Å². The number of dihydropyridines is 1. The summed E-state index contributed by atoms with van der Waals surface area (Å²) in [6.45, 7) is 4.09. The smallest absolute Gasteiger partial charge is 0.263 e. The van der Waals surface area contributed by atoms with Gasteiger partial charge in [0.1, 0.15) is 10.7 Å². The Bertz CT molecular complexity index is 1460. The summed E-state index contributed by atoms with van der Waals surface area (Å²) in [7, 11) is -3.96. The minimum absolute atomic E-state index is 0.0253. The second kappa shape index (κ2) is 11.5. The quantitative estimate of drug-likeness (QED) is 0.451. The number of carbonyl (C=O) groups excluding carboxylic acids is 1. The van der Waals surface area contributed by atoms with E-state index in [-0.39, 0.29) is 47.5 Å². The van der Waals surface area contributed by atoms with Crippen molar-refractivity contribution in [3.05, 3.63) is 112 Å². The number of likely N-dealkylation sites (tertiary alicyclic amines) is 1. The molecule has 7 nitrogen and oxygen atoms in total. The summed E-state index contributed by atoms with van der Waals surface area (Å²) >= 11 is 6.19. The molecule has 1 saturated heterocycles. The molecule has 0 aromatic heterocycles. The third kappa shape index (κ3) is 6.12. The molecule has 2 heterocycles. The summed E-state index contributed by atoms with van der Waals surface area (Å²) in [5.41, 5.74) is 0.0392. The van der Waals surface area contributed by atoms with Crippen molar-refractivity contribution in [1.82, 2.24) is 4.90 Å². The zero-order chi connectivity index (χ0) is 27.3. The number of sulfonamides is 1. The Hall–Kier alpha value is -3.53. The molecule has 1 amide bonds. The predicted octanol–water partition coefficient (Wildman–Crippen LogP) is 5.33. The highest BCUT2D eigenvalue weighted by Gasteiger charge is 2.37. The van der Waals surface area contributed by atoms with Gasteiger partial charge in [-0.05, 0) is 67.5 Å². The number of halogens is 2. The van der Waals surface area contributed by atoms with E-state index in [0.717, 1.165) is 0 Å². The van der Waals surface area contributed by atoms with E-state index < -0.39 is 21.4 Å². The topological polar surface area (TPSA) is 99.1 Å². The van der Waals surface area contributed by atoms with Crippen LogP contribution in [0.4, 0.5) is 10.1 Å². The van der Waals surface area contributed by atoms with Crippen LogP contribution in [0.2, 0.25) is 5.02 Å². The lowest BCUT2D eigenvalue weighted by Crippen LogP contribution is -2.45. The molecule has 2 aliphatic rings. The first-order valence-corrected chi connectivity index (χ1v) is 13.8. The van der Waals surface area contributed by atoms with E-state index in [2.05, 4.69) is 16.3 Å². The fourth-order valence-electron chi connectivity index (χ4n) is 4.36. The number of aliphatic hydroxyl groups is 1. The lowest BCUT2D eigenvalue weighted by Gasteiger charge is -2.39. The first-order valence-electron chi connectivity index (χ1n) is 11.9. The maximum Gasteiger partial charge on any atom is 0.263 e. The molecule has 0 bridgehead atoms. The van der Waals surface area contributed by atoms with Gasteiger partial charge in [0.05, 0.1) is 11.3 Å². The molecule has 198 valence electrons. The molecule has 0 spiro atoms. The molecule has 10 heteroatoms. The normalized spacial score (nSPS) is 18.4. The molecule has 0 atom stereocenters. The van der Waals surface area contributed by atoms with E-state index in [4.69, 9.17) is 11.6 Å². The van der Waals surface area contributed by atoms with Crippen molar-refractivity contribution in [2.45, 2.75) is 24.9 Å². The number of anilines is 1. The molecule has 2 aromatic rings. The second-order valence-electron chi connectivity index (χ2n) is 8.95. The van der Waals surface area contributed by atoms with Crippen LogP contribution in [-0.2, 0) is 15.6 Å². The molecule has 0 unspecified atom stereocenters. The van der Waals surface area contributed by atoms with Gasteiger partial charge in [0.25, 0.3) is 15.9 Å². The summed E-state index contributed by atoms with van der Waals surface area (Å²) in [5.74, 6) is -0.748. The van der Waals surface area contributed by atoms with Crippen LogP contribution in [-0.4, -0.2) is 43.6 Å². The number of rotatable bonds is 7. The summed E-state index contributed by atoms with van der Waals surface area (Å²) in [4.78, 5) is 18.9. The maximum absolute atomic E-state index is 13.7. The molecular formula is C28H27ClFN3O4S. The van der Waals surface area contributed by atoms with E-state index in [1.807, 2.05) is 6.08 Å². The first-order chi connectivity index (χ1) is 18.1. The third-order valence-electron chi connectivity index (χ3n) is 6.41. The Morgan fingerprint density at radius 3 is 2.53 bits per heavy atom. The lowest BCUT2D eigenvalue weighted by atomic mass is 9.84. The van der Waals surface area contributed by atoms with Crippen molar-refractivity contribution in [3.63, 3.8) is 0 Å². The number of piperidine rings is 1. The number of benzene rings is 2. The number of carbonyl (C=O) groups is 1. The number of nitrogens with zero attached hydrogens (tertiary/aromatic N) is 2. The van der Waals surface area contributed by atoms with Gasteiger partial charge in [0, 0.05) is 47.6 Å². The zero-order valence-corrected chi connectivity index (χ0v) is 22.1. The SMILES string of the molecule is C=CC=CC(=C1CC=CC=N1)S(=O)(=O)Nc1ccc(C(=O)N2CCC(O)(c3cc(F)ccc3Cl)CC2)cc1. The van der Waals surface area contributed by atoms with Crippen LogP contribution in [0, 0.1) is 5.82 Å². The minimum Gasteiger partial charge on any atom is -0.385 e. The van der Waals surface area contributed by atoms with Gasteiger partial charge in [-0.3, -0.25) is 14.5 Å². The molecule has 2 aromatic carbocycles.